The number of rotatable bonds is 10. The van der Waals surface area contributed by atoms with Crippen LogP contribution in [0, 0.1) is 0 Å². The summed E-state index contributed by atoms with van der Waals surface area (Å²) in [5.74, 6) is 1.79. The SMILES string of the molecule is CCNC(=NCC(O)c1cc(OC)ccc1OC)NC(C)CCS(C)(=O)=O. The van der Waals surface area contributed by atoms with Crippen LogP contribution in [0.5, 0.6) is 11.5 Å². The van der Waals surface area contributed by atoms with E-state index in [1.807, 2.05) is 13.8 Å². The first-order valence-corrected chi connectivity index (χ1v) is 10.9. The molecule has 27 heavy (non-hydrogen) atoms. The van der Waals surface area contributed by atoms with Gasteiger partial charge in [-0.2, -0.15) is 0 Å². The van der Waals surface area contributed by atoms with E-state index in [0.29, 0.717) is 36.0 Å². The average Bonchev–Trinajstić information content (AvgIpc) is 2.63. The minimum absolute atomic E-state index is 0.0824. The number of nitrogens with zero attached hydrogens (tertiary/aromatic N) is 1. The summed E-state index contributed by atoms with van der Waals surface area (Å²) in [5, 5.41) is 16.8. The molecular formula is C18H31N3O5S. The van der Waals surface area contributed by atoms with E-state index in [2.05, 4.69) is 15.6 Å². The number of hydrogen-bond acceptors (Lipinski definition) is 6. The molecule has 0 heterocycles. The Morgan fingerprint density at radius 2 is 2.00 bits per heavy atom. The molecule has 0 spiro atoms. The van der Waals surface area contributed by atoms with Gasteiger partial charge in [0.05, 0.1) is 26.5 Å². The number of sulfone groups is 1. The standard InChI is InChI=1S/C18H31N3O5S/c1-6-19-18(21-13(2)9-10-27(5,23)24)20-12-16(22)15-11-14(25-3)7-8-17(15)26-4/h7-8,11,13,16,22H,6,9-10,12H2,1-5H3,(H2,19,20,21). The molecule has 0 aliphatic heterocycles. The second kappa shape index (κ2) is 11.0. The van der Waals surface area contributed by atoms with Crippen molar-refractivity contribution in [2.45, 2.75) is 32.4 Å². The summed E-state index contributed by atoms with van der Waals surface area (Å²) in [6, 6.07) is 5.13. The summed E-state index contributed by atoms with van der Waals surface area (Å²) in [6.45, 7) is 4.57. The number of aliphatic hydroxyl groups excluding tert-OH is 1. The lowest BCUT2D eigenvalue weighted by molar-refractivity contribution is 0.182. The molecule has 1 aromatic carbocycles. The number of aliphatic imine (C=N–C) groups is 1. The maximum atomic E-state index is 11.3. The maximum absolute atomic E-state index is 11.3. The Morgan fingerprint density at radius 3 is 2.56 bits per heavy atom. The van der Waals surface area contributed by atoms with Gasteiger partial charge in [-0.05, 0) is 38.5 Å². The number of nitrogens with one attached hydrogen (secondary N) is 2. The van der Waals surface area contributed by atoms with Crippen LogP contribution in [0.25, 0.3) is 0 Å². The molecule has 0 radical (unpaired) electrons. The zero-order valence-electron chi connectivity index (χ0n) is 16.7. The van der Waals surface area contributed by atoms with Crippen LogP contribution >= 0.6 is 0 Å². The number of guanidine groups is 1. The van der Waals surface area contributed by atoms with Gasteiger partial charge in [0.25, 0.3) is 0 Å². The highest BCUT2D eigenvalue weighted by molar-refractivity contribution is 7.90. The fourth-order valence-electron chi connectivity index (χ4n) is 2.39. The second-order valence-electron chi connectivity index (χ2n) is 6.31. The van der Waals surface area contributed by atoms with Crippen molar-refractivity contribution in [1.82, 2.24) is 10.6 Å². The normalized spacial score (nSPS) is 14.4. The van der Waals surface area contributed by atoms with E-state index < -0.39 is 15.9 Å². The molecule has 1 aromatic rings. The van der Waals surface area contributed by atoms with Crippen molar-refractivity contribution in [3.8, 4) is 11.5 Å². The molecule has 2 unspecified atom stereocenters. The summed E-state index contributed by atoms with van der Waals surface area (Å²) in [7, 11) is 0.0854. The Hall–Kier alpha value is -2.00. The van der Waals surface area contributed by atoms with Gasteiger partial charge in [-0.3, -0.25) is 4.99 Å². The van der Waals surface area contributed by atoms with Crippen molar-refractivity contribution in [3.63, 3.8) is 0 Å². The molecule has 1 rings (SSSR count). The van der Waals surface area contributed by atoms with Crippen LogP contribution in [-0.2, 0) is 9.84 Å². The van der Waals surface area contributed by atoms with Crippen LogP contribution in [0.3, 0.4) is 0 Å². The Labute approximate surface area is 161 Å². The van der Waals surface area contributed by atoms with Crippen LogP contribution in [0.15, 0.2) is 23.2 Å². The lowest BCUT2D eigenvalue weighted by Gasteiger charge is -2.19. The Morgan fingerprint density at radius 1 is 1.30 bits per heavy atom. The monoisotopic (exact) mass is 401 g/mol. The molecule has 2 atom stereocenters. The summed E-state index contributed by atoms with van der Waals surface area (Å²) < 4.78 is 33.1. The van der Waals surface area contributed by atoms with Crippen molar-refractivity contribution in [2.24, 2.45) is 4.99 Å². The first-order chi connectivity index (χ1) is 12.7. The van der Waals surface area contributed by atoms with Crippen molar-refractivity contribution in [1.29, 1.82) is 0 Å². The van der Waals surface area contributed by atoms with Gasteiger partial charge >= 0.3 is 0 Å². The van der Waals surface area contributed by atoms with E-state index >= 15 is 0 Å². The molecule has 0 aliphatic carbocycles. The van der Waals surface area contributed by atoms with Crippen molar-refractivity contribution in [2.75, 3.05) is 39.3 Å². The van der Waals surface area contributed by atoms with Crippen molar-refractivity contribution in [3.05, 3.63) is 23.8 Å². The molecule has 0 aliphatic rings. The van der Waals surface area contributed by atoms with E-state index in [9.17, 15) is 13.5 Å². The number of benzene rings is 1. The quantitative estimate of drug-likeness (QED) is 0.398. The van der Waals surface area contributed by atoms with Crippen molar-refractivity contribution < 1.29 is 23.0 Å². The summed E-state index contributed by atoms with van der Waals surface area (Å²) in [6.07, 6.45) is 0.809. The number of hydrogen-bond donors (Lipinski definition) is 3. The van der Waals surface area contributed by atoms with Gasteiger partial charge in [-0.25, -0.2) is 8.42 Å². The van der Waals surface area contributed by atoms with E-state index in [4.69, 9.17) is 9.47 Å². The van der Waals surface area contributed by atoms with Crippen LogP contribution in [0.4, 0.5) is 0 Å². The zero-order valence-corrected chi connectivity index (χ0v) is 17.5. The molecule has 9 heteroatoms. The highest BCUT2D eigenvalue weighted by atomic mass is 32.2. The largest absolute Gasteiger partial charge is 0.497 e. The van der Waals surface area contributed by atoms with Crippen LogP contribution in [-0.4, -0.2) is 64.8 Å². The summed E-state index contributed by atoms with van der Waals surface area (Å²) >= 11 is 0. The second-order valence-corrected chi connectivity index (χ2v) is 8.57. The zero-order chi connectivity index (χ0) is 20.4. The van der Waals surface area contributed by atoms with Gasteiger partial charge in [-0.15, -0.1) is 0 Å². The minimum Gasteiger partial charge on any atom is -0.497 e. The molecule has 0 bridgehead atoms. The maximum Gasteiger partial charge on any atom is 0.191 e. The highest BCUT2D eigenvalue weighted by Crippen LogP contribution is 2.29. The Kier molecular flexibility index (Phi) is 9.37. The molecule has 0 amide bonds. The predicted octanol–water partition coefficient (Wildman–Crippen LogP) is 1.12. The van der Waals surface area contributed by atoms with Gasteiger partial charge in [0, 0.05) is 24.4 Å². The van der Waals surface area contributed by atoms with Gasteiger partial charge in [0.15, 0.2) is 5.96 Å². The van der Waals surface area contributed by atoms with Crippen molar-refractivity contribution >= 4 is 15.8 Å². The first kappa shape index (κ1) is 23.0. The number of aliphatic hydroxyl groups is 1. The van der Waals surface area contributed by atoms with E-state index in [1.165, 1.54) is 13.4 Å². The van der Waals surface area contributed by atoms with Gasteiger partial charge in [0.1, 0.15) is 27.4 Å². The third kappa shape index (κ3) is 8.49. The molecule has 0 fully saturated rings. The first-order valence-electron chi connectivity index (χ1n) is 8.82. The third-order valence-corrected chi connectivity index (χ3v) is 4.84. The smallest absolute Gasteiger partial charge is 0.191 e. The van der Waals surface area contributed by atoms with Gasteiger partial charge in [-0.1, -0.05) is 0 Å². The lowest BCUT2D eigenvalue weighted by atomic mass is 10.1. The number of methoxy groups -OCH3 is 2. The molecule has 0 saturated carbocycles. The van der Waals surface area contributed by atoms with Crippen LogP contribution in [0.2, 0.25) is 0 Å². The summed E-state index contributed by atoms with van der Waals surface area (Å²) in [5.41, 5.74) is 0.585. The Bertz CT molecular complexity index is 722. The fourth-order valence-corrected chi connectivity index (χ4v) is 3.17. The van der Waals surface area contributed by atoms with Crippen LogP contribution < -0.4 is 20.1 Å². The number of ether oxygens (including phenoxy) is 2. The molecule has 0 aromatic heterocycles. The topological polar surface area (TPSA) is 109 Å². The average molecular weight is 402 g/mol. The van der Waals surface area contributed by atoms with Crippen LogP contribution in [0.1, 0.15) is 31.9 Å². The molecule has 154 valence electrons. The predicted molar refractivity (Wildman–Crippen MR) is 107 cm³/mol. The molecular weight excluding hydrogens is 370 g/mol. The molecule has 3 N–H and O–H groups in total. The molecule has 8 nitrogen and oxygen atoms in total. The van der Waals surface area contributed by atoms with Gasteiger partial charge in [0.2, 0.25) is 0 Å². The van der Waals surface area contributed by atoms with E-state index in [0.717, 1.165) is 0 Å². The van der Waals surface area contributed by atoms with E-state index in [1.54, 1.807) is 25.3 Å². The Balaban J connectivity index is 2.82. The minimum atomic E-state index is -3.01. The van der Waals surface area contributed by atoms with E-state index in [-0.39, 0.29) is 18.3 Å². The third-order valence-electron chi connectivity index (χ3n) is 3.87. The molecule has 0 saturated heterocycles. The van der Waals surface area contributed by atoms with Gasteiger partial charge < -0.3 is 25.2 Å². The fraction of sp³-hybridized carbons (Fsp3) is 0.611. The summed E-state index contributed by atoms with van der Waals surface area (Å²) in [4.78, 5) is 4.40. The lowest BCUT2D eigenvalue weighted by Crippen LogP contribution is -2.43. The highest BCUT2D eigenvalue weighted by Gasteiger charge is 2.15.